The molecule has 4 heteroatoms. The van der Waals surface area contributed by atoms with Crippen molar-refractivity contribution in [2.24, 2.45) is 0 Å². The van der Waals surface area contributed by atoms with Gasteiger partial charge in [-0.05, 0) is 24.1 Å². The molecular formula is C15H17NO2S. The molecule has 0 spiro atoms. The summed E-state index contributed by atoms with van der Waals surface area (Å²) in [4.78, 5) is 0.296. The fourth-order valence-corrected chi connectivity index (χ4v) is 3.26. The van der Waals surface area contributed by atoms with Crippen molar-refractivity contribution in [3.63, 3.8) is 0 Å². The lowest BCUT2D eigenvalue weighted by Gasteiger charge is -2.17. The van der Waals surface area contributed by atoms with E-state index in [1.165, 1.54) is 0 Å². The molecule has 0 unspecified atom stereocenters. The van der Waals surface area contributed by atoms with E-state index in [0.717, 1.165) is 5.56 Å². The van der Waals surface area contributed by atoms with Gasteiger partial charge in [-0.25, -0.2) is 13.1 Å². The fourth-order valence-electron chi connectivity index (χ4n) is 1.93. The van der Waals surface area contributed by atoms with Crippen LogP contribution in [0.3, 0.4) is 0 Å². The normalized spacial score (nSPS) is 13.1. The molecule has 100 valence electrons. The quantitative estimate of drug-likeness (QED) is 0.911. The first-order valence-corrected chi connectivity index (χ1v) is 7.74. The van der Waals surface area contributed by atoms with E-state index in [0.29, 0.717) is 11.3 Å². The van der Waals surface area contributed by atoms with Crippen LogP contribution in [-0.2, 0) is 10.0 Å². The van der Waals surface area contributed by atoms with Crippen LogP contribution in [0.5, 0.6) is 0 Å². The number of rotatable bonds is 5. The molecule has 2 aromatic rings. The highest BCUT2D eigenvalue weighted by molar-refractivity contribution is 7.89. The average Bonchev–Trinajstić information content (AvgIpc) is 2.47. The molecule has 0 radical (unpaired) electrons. The molecule has 2 rings (SSSR count). The maximum atomic E-state index is 12.3. The van der Waals surface area contributed by atoms with Crippen molar-refractivity contribution in [3.05, 3.63) is 66.2 Å². The second-order valence-electron chi connectivity index (χ2n) is 4.31. The van der Waals surface area contributed by atoms with Gasteiger partial charge in [0.1, 0.15) is 0 Å². The maximum Gasteiger partial charge on any atom is 0.241 e. The van der Waals surface area contributed by atoms with Crippen LogP contribution in [-0.4, -0.2) is 8.42 Å². The Hall–Kier alpha value is -1.65. The number of sulfonamides is 1. The van der Waals surface area contributed by atoms with E-state index in [9.17, 15) is 8.42 Å². The summed E-state index contributed by atoms with van der Waals surface area (Å²) in [6.45, 7) is 1.96. The molecule has 1 atom stereocenters. The van der Waals surface area contributed by atoms with Crippen LogP contribution in [0.2, 0.25) is 0 Å². The van der Waals surface area contributed by atoms with Crippen LogP contribution in [0.4, 0.5) is 0 Å². The Balaban J connectivity index is 2.24. The molecule has 3 nitrogen and oxygen atoms in total. The highest BCUT2D eigenvalue weighted by atomic mass is 32.2. The number of hydrogen-bond donors (Lipinski definition) is 1. The third-order valence-electron chi connectivity index (χ3n) is 2.96. The largest absolute Gasteiger partial charge is 0.241 e. The summed E-state index contributed by atoms with van der Waals surface area (Å²) < 4.78 is 27.3. The van der Waals surface area contributed by atoms with Crippen LogP contribution >= 0.6 is 0 Å². The van der Waals surface area contributed by atoms with Crippen molar-refractivity contribution in [1.29, 1.82) is 0 Å². The molecule has 0 saturated heterocycles. The molecule has 0 amide bonds. The van der Waals surface area contributed by atoms with E-state index in [2.05, 4.69) is 4.72 Å². The molecule has 2 aromatic carbocycles. The summed E-state index contributed by atoms with van der Waals surface area (Å²) in [6, 6.07) is 17.8. The molecule has 0 fully saturated rings. The molecule has 0 aliphatic heterocycles. The van der Waals surface area contributed by atoms with Gasteiger partial charge >= 0.3 is 0 Å². The van der Waals surface area contributed by atoms with Crippen LogP contribution in [0, 0.1) is 0 Å². The van der Waals surface area contributed by atoms with Crippen molar-refractivity contribution in [2.75, 3.05) is 0 Å². The van der Waals surface area contributed by atoms with Crippen LogP contribution in [0.25, 0.3) is 0 Å². The van der Waals surface area contributed by atoms with Crippen molar-refractivity contribution in [3.8, 4) is 0 Å². The topological polar surface area (TPSA) is 46.2 Å². The van der Waals surface area contributed by atoms with Crippen LogP contribution in [0.1, 0.15) is 24.9 Å². The first kappa shape index (κ1) is 13.8. The van der Waals surface area contributed by atoms with Gasteiger partial charge in [0.15, 0.2) is 0 Å². The van der Waals surface area contributed by atoms with E-state index in [-0.39, 0.29) is 6.04 Å². The highest BCUT2D eigenvalue weighted by Gasteiger charge is 2.19. The second-order valence-corrected chi connectivity index (χ2v) is 6.02. The Morgan fingerprint density at radius 1 is 0.947 bits per heavy atom. The van der Waals surface area contributed by atoms with Crippen molar-refractivity contribution < 1.29 is 8.42 Å². The minimum absolute atomic E-state index is 0.202. The average molecular weight is 275 g/mol. The van der Waals surface area contributed by atoms with Gasteiger partial charge < -0.3 is 0 Å². The summed E-state index contributed by atoms with van der Waals surface area (Å²) in [5.74, 6) is 0. The minimum atomic E-state index is -3.47. The summed E-state index contributed by atoms with van der Waals surface area (Å²) in [5, 5.41) is 0. The second kappa shape index (κ2) is 5.99. The molecule has 0 aromatic heterocycles. The van der Waals surface area contributed by atoms with Crippen molar-refractivity contribution in [2.45, 2.75) is 24.3 Å². The van der Waals surface area contributed by atoms with Gasteiger partial charge in [-0.3, -0.25) is 0 Å². The summed E-state index contributed by atoms with van der Waals surface area (Å²) in [7, 11) is -3.47. The molecule has 0 aliphatic rings. The Morgan fingerprint density at radius 3 is 2.00 bits per heavy atom. The van der Waals surface area contributed by atoms with Gasteiger partial charge in [0.2, 0.25) is 10.0 Å². The summed E-state index contributed by atoms with van der Waals surface area (Å²) >= 11 is 0. The number of nitrogens with one attached hydrogen (secondary N) is 1. The monoisotopic (exact) mass is 275 g/mol. The predicted octanol–water partition coefficient (Wildman–Crippen LogP) is 3.12. The van der Waals surface area contributed by atoms with Crippen LogP contribution < -0.4 is 4.72 Å². The van der Waals surface area contributed by atoms with Gasteiger partial charge in [-0.1, -0.05) is 55.5 Å². The molecule has 0 bridgehead atoms. The first-order chi connectivity index (χ1) is 9.13. The molecule has 0 heterocycles. The minimum Gasteiger partial charge on any atom is -0.207 e. The molecule has 0 saturated carbocycles. The Labute approximate surface area is 114 Å². The van der Waals surface area contributed by atoms with E-state index in [1.54, 1.807) is 30.3 Å². The molecule has 19 heavy (non-hydrogen) atoms. The van der Waals surface area contributed by atoms with Crippen molar-refractivity contribution in [1.82, 2.24) is 4.72 Å². The van der Waals surface area contributed by atoms with Gasteiger partial charge in [0.05, 0.1) is 4.90 Å². The van der Waals surface area contributed by atoms with Crippen LogP contribution in [0.15, 0.2) is 65.6 Å². The third-order valence-corrected chi connectivity index (χ3v) is 4.45. The lowest BCUT2D eigenvalue weighted by molar-refractivity contribution is 0.550. The highest BCUT2D eigenvalue weighted by Crippen LogP contribution is 2.19. The SMILES string of the molecule is CC[C@H](NS(=O)(=O)c1ccccc1)c1ccccc1. The Morgan fingerprint density at radius 2 is 1.47 bits per heavy atom. The first-order valence-electron chi connectivity index (χ1n) is 6.26. The van der Waals surface area contributed by atoms with Crippen molar-refractivity contribution >= 4 is 10.0 Å². The van der Waals surface area contributed by atoms with E-state index < -0.39 is 10.0 Å². The van der Waals surface area contributed by atoms with E-state index in [4.69, 9.17) is 0 Å². The lowest BCUT2D eigenvalue weighted by Crippen LogP contribution is -2.28. The summed E-state index contributed by atoms with van der Waals surface area (Å²) in [6.07, 6.45) is 0.704. The van der Waals surface area contributed by atoms with Gasteiger partial charge in [-0.15, -0.1) is 0 Å². The summed E-state index contributed by atoms with van der Waals surface area (Å²) in [5.41, 5.74) is 0.976. The predicted molar refractivity (Wildman–Crippen MR) is 76.2 cm³/mol. The fraction of sp³-hybridized carbons (Fsp3) is 0.200. The van der Waals surface area contributed by atoms with E-state index in [1.807, 2.05) is 37.3 Å². The zero-order valence-corrected chi connectivity index (χ0v) is 11.6. The van der Waals surface area contributed by atoms with Gasteiger partial charge in [0, 0.05) is 6.04 Å². The molecular weight excluding hydrogens is 258 g/mol. The number of hydrogen-bond acceptors (Lipinski definition) is 2. The van der Waals surface area contributed by atoms with E-state index >= 15 is 0 Å². The lowest BCUT2D eigenvalue weighted by atomic mass is 10.1. The molecule has 1 N–H and O–H groups in total. The van der Waals surface area contributed by atoms with Gasteiger partial charge in [0.25, 0.3) is 0 Å². The standard InChI is InChI=1S/C15H17NO2S/c1-2-15(13-9-5-3-6-10-13)16-19(17,18)14-11-7-4-8-12-14/h3-12,15-16H,2H2,1H3/t15-/m0/s1. The zero-order valence-electron chi connectivity index (χ0n) is 10.8. The number of benzene rings is 2. The maximum absolute atomic E-state index is 12.3. The Bertz CT molecular complexity index is 609. The Kier molecular flexibility index (Phi) is 4.35. The smallest absolute Gasteiger partial charge is 0.207 e. The zero-order chi connectivity index (χ0) is 13.7. The third kappa shape index (κ3) is 3.43. The molecule has 0 aliphatic carbocycles. The van der Waals surface area contributed by atoms with Gasteiger partial charge in [-0.2, -0.15) is 0 Å².